The topological polar surface area (TPSA) is 271 Å². The Morgan fingerprint density at radius 2 is 1.42 bits per heavy atom. The van der Waals surface area contributed by atoms with E-state index in [9.17, 15) is 38.4 Å². The Bertz CT molecular complexity index is 2000. The summed E-state index contributed by atoms with van der Waals surface area (Å²) in [7, 11) is 2.05. The molecule has 2 heterocycles. The van der Waals surface area contributed by atoms with E-state index in [0.29, 0.717) is 44.7 Å². The molecule has 3 rings (SSSR count). The summed E-state index contributed by atoms with van der Waals surface area (Å²) in [5.74, 6) is -5.45. The average Bonchev–Trinajstić information content (AvgIpc) is 3.65. The maximum absolute atomic E-state index is 13.3. The summed E-state index contributed by atoms with van der Waals surface area (Å²) in [6, 6.07) is 2.89. The summed E-state index contributed by atoms with van der Waals surface area (Å²) in [5.41, 5.74) is 7.28. The molecule has 0 bridgehead atoms. The Hall–Kier alpha value is -5.04. The summed E-state index contributed by atoms with van der Waals surface area (Å²) >= 11 is 1.07. The van der Waals surface area contributed by atoms with Gasteiger partial charge in [0.05, 0.1) is 24.0 Å². The van der Waals surface area contributed by atoms with Crippen molar-refractivity contribution in [1.82, 2.24) is 26.2 Å². The second kappa shape index (κ2) is 39.3. The molecule has 4 unspecified atom stereocenters. The number of aryl methyl sites for hydroxylation is 1. The number of allylic oxidation sites excluding steroid dienone is 2. The number of thioether (sulfide) groups is 1. The minimum atomic E-state index is -1.63. The van der Waals surface area contributed by atoms with E-state index < -0.39 is 59.8 Å². The zero-order chi connectivity index (χ0) is 54.8. The molecule has 8 N–H and O–H groups in total. The molecule has 1 saturated heterocycles. The molecule has 20 heteroatoms. The maximum atomic E-state index is 13.3. The first-order valence-corrected chi connectivity index (χ1v) is 29.1. The van der Waals surface area contributed by atoms with E-state index in [2.05, 4.69) is 76.2 Å². The van der Waals surface area contributed by atoms with Crippen LogP contribution in [0.5, 0.6) is 0 Å². The Morgan fingerprint density at radius 3 is 2.04 bits per heavy atom. The van der Waals surface area contributed by atoms with E-state index in [4.69, 9.17) is 15.9 Å². The molecule has 1 aromatic rings. The molecule has 1 saturated carbocycles. The zero-order valence-electron chi connectivity index (χ0n) is 45.7. The Balaban J connectivity index is 0.0000198. The molecular weight excluding hydrogens is 1010 g/mol. The molecule has 18 nitrogen and oxygen atoms in total. The van der Waals surface area contributed by atoms with Crippen LogP contribution in [0.15, 0.2) is 41.7 Å². The van der Waals surface area contributed by atoms with Crippen molar-refractivity contribution in [3.05, 3.63) is 42.2 Å². The monoisotopic (exact) mass is 1100 g/mol. The van der Waals surface area contributed by atoms with Crippen LogP contribution in [0.3, 0.4) is 0 Å². The summed E-state index contributed by atoms with van der Waals surface area (Å²) < 4.78 is 2.08. The fraction of sp³-hybridized carbons (Fsp3) is 0.714. The number of hydrogen-bond donors (Lipinski definition) is 7. The molecule has 0 spiro atoms. The zero-order valence-corrected chi connectivity index (χ0v) is 47.3. The number of imide groups is 1. The van der Waals surface area contributed by atoms with Crippen molar-refractivity contribution in [2.24, 2.45) is 35.5 Å². The predicted molar refractivity (Wildman–Crippen MR) is 292 cm³/mol. The lowest BCUT2D eigenvalue weighted by Gasteiger charge is -2.30. The first kappa shape index (κ1) is 67.1. The highest BCUT2D eigenvalue weighted by Gasteiger charge is 2.41. The number of pyridine rings is 1. The number of nitrogens with two attached hydrogens (primary N) is 1. The van der Waals surface area contributed by atoms with E-state index in [1.807, 2.05) is 5.32 Å². The van der Waals surface area contributed by atoms with Gasteiger partial charge in [-0.2, -0.15) is 0 Å². The molecule has 4 atom stereocenters. The summed E-state index contributed by atoms with van der Waals surface area (Å²) in [4.78, 5) is 104. The van der Waals surface area contributed by atoms with E-state index in [0.717, 1.165) is 43.9 Å². The van der Waals surface area contributed by atoms with E-state index in [1.54, 1.807) is 6.92 Å². The van der Waals surface area contributed by atoms with Crippen LogP contribution in [0.1, 0.15) is 192 Å². The van der Waals surface area contributed by atoms with Crippen molar-refractivity contribution >= 4 is 65.1 Å². The smallest absolute Gasteiger partial charge is 0.326 e. The van der Waals surface area contributed by atoms with Crippen molar-refractivity contribution in [3.8, 4) is 0 Å². The number of carboxylic acid groups (broad SMARTS) is 2. The maximum Gasteiger partial charge on any atom is 0.326 e. The van der Waals surface area contributed by atoms with Crippen LogP contribution >= 0.6 is 11.8 Å². The number of aliphatic imine (C=N–C) groups is 1. The Kier molecular flexibility index (Phi) is 34.7. The number of amides is 6. The molecule has 0 aromatic carbocycles. The molecule has 428 valence electrons. The number of aliphatic carboxylic acids is 2. The van der Waals surface area contributed by atoms with Gasteiger partial charge in [0, 0.05) is 50.0 Å². The molecule has 2 fully saturated rings. The third-order valence-electron chi connectivity index (χ3n) is 14.3. The van der Waals surface area contributed by atoms with E-state index >= 15 is 0 Å². The number of aromatic nitrogens is 1. The van der Waals surface area contributed by atoms with Crippen LogP contribution in [0.4, 0.5) is 0 Å². The second-order valence-electron chi connectivity index (χ2n) is 20.7. The predicted octanol–water partition coefficient (Wildman–Crippen LogP) is 3.99. The van der Waals surface area contributed by atoms with Crippen LogP contribution in [0, 0.1) is 17.8 Å². The third-order valence-corrected chi connectivity index (χ3v) is 15.5. The highest BCUT2D eigenvalue weighted by Crippen LogP contribution is 2.33. The molecule has 6 amide bonds. The molecular formula is C56H91ClN8O10S. The molecule has 1 aliphatic carbocycles. The largest absolute Gasteiger partial charge is 1.00 e. The lowest BCUT2D eigenvalue weighted by atomic mass is 9.81. The number of carboxylic acids is 2. The highest BCUT2D eigenvalue weighted by atomic mass is 35.5. The van der Waals surface area contributed by atoms with Gasteiger partial charge in [-0.05, 0) is 101 Å². The fourth-order valence-corrected chi connectivity index (χ4v) is 10.7. The normalized spacial score (nSPS) is 17.9. The SMILES string of the molecule is CCCCCCCC/C=C\CCCCCCCCC(CCCCNC(=O)C1CCC(CN2C(=O)CC(SCC(=O)NC(N)=NCCCC(C)C(=O)NCC(=O)NC(CC(=O)O)C(=O)O)C2=O)CC1)c1cc[n+](C)cc1.[Cl-]. The number of nitrogens with zero attached hydrogens (tertiary/aromatic N) is 3. The van der Waals surface area contributed by atoms with Crippen molar-refractivity contribution in [2.75, 3.05) is 31.9 Å². The number of likely N-dealkylation sites (tertiary alicyclic amines) is 1. The van der Waals surface area contributed by atoms with Crippen molar-refractivity contribution in [2.45, 2.75) is 198 Å². The molecule has 2 aliphatic rings. The van der Waals surface area contributed by atoms with Gasteiger partial charge in [0.25, 0.3) is 0 Å². The van der Waals surface area contributed by atoms with Crippen LogP contribution in [-0.4, -0.2) is 112 Å². The number of unbranched alkanes of at least 4 members (excludes halogenated alkanes) is 13. The number of nitrogens with one attached hydrogen (secondary N) is 4. The summed E-state index contributed by atoms with van der Waals surface area (Å²) in [5, 5.41) is 27.3. The van der Waals surface area contributed by atoms with Crippen LogP contribution in [0.2, 0.25) is 0 Å². The van der Waals surface area contributed by atoms with Gasteiger partial charge >= 0.3 is 11.9 Å². The van der Waals surface area contributed by atoms with Crippen molar-refractivity contribution in [3.63, 3.8) is 0 Å². The van der Waals surface area contributed by atoms with Crippen molar-refractivity contribution in [1.29, 1.82) is 0 Å². The number of carbonyl (C=O) groups excluding carboxylic acids is 6. The molecule has 1 aromatic heterocycles. The Labute approximate surface area is 462 Å². The first-order valence-electron chi connectivity index (χ1n) is 28.0. The number of guanidine groups is 1. The average molecular weight is 1100 g/mol. The van der Waals surface area contributed by atoms with Crippen LogP contribution in [-0.2, 0) is 45.4 Å². The Morgan fingerprint density at radius 1 is 0.816 bits per heavy atom. The number of carbonyl (C=O) groups is 8. The highest BCUT2D eigenvalue weighted by molar-refractivity contribution is 8.01. The van der Waals surface area contributed by atoms with E-state index in [-0.39, 0.29) is 66.6 Å². The van der Waals surface area contributed by atoms with Crippen LogP contribution < -0.4 is 44.0 Å². The van der Waals surface area contributed by atoms with Gasteiger partial charge in [0.15, 0.2) is 18.4 Å². The van der Waals surface area contributed by atoms with Gasteiger partial charge in [-0.3, -0.25) is 48.8 Å². The van der Waals surface area contributed by atoms with Gasteiger partial charge < -0.3 is 44.3 Å². The molecule has 0 radical (unpaired) electrons. The van der Waals surface area contributed by atoms with Crippen LogP contribution in [0.25, 0.3) is 0 Å². The van der Waals surface area contributed by atoms with Gasteiger partial charge in [-0.1, -0.05) is 96.6 Å². The number of rotatable bonds is 39. The fourth-order valence-electron chi connectivity index (χ4n) is 9.70. The van der Waals surface area contributed by atoms with E-state index in [1.165, 1.54) is 107 Å². The quantitative estimate of drug-likeness (QED) is 0.0123. The summed E-state index contributed by atoms with van der Waals surface area (Å²) in [6.07, 6.45) is 34.5. The molecule has 76 heavy (non-hydrogen) atoms. The lowest BCUT2D eigenvalue weighted by molar-refractivity contribution is -0.671. The van der Waals surface area contributed by atoms with Gasteiger partial charge in [0.2, 0.25) is 35.4 Å². The number of hydrogen-bond acceptors (Lipinski definition) is 10. The minimum absolute atomic E-state index is 0. The summed E-state index contributed by atoms with van der Waals surface area (Å²) in [6.45, 7) is 4.51. The second-order valence-corrected chi connectivity index (χ2v) is 21.9. The van der Waals surface area contributed by atoms with Gasteiger partial charge in [-0.25, -0.2) is 9.36 Å². The first-order chi connectivity index (χ1) is 36.1. The third kappa shape index (κ3) is 28.4. The lowest BCUT2D eigenvalue weighted by Crippen LogP contribution is -3.00. The number of halogens is 1. The standard InChI is InChI=1S/C56H90N8O10S.ClH/c1-4-5-6-7-8-9-10-11-12-13-14-15-16-17-18-19-24-43(44-30-34-63(3)35-31-44)25-20-21-32-58-53(71)45-28-26-42(27-29-45)39-64-50(67)37-47(54(64)72)75-40-49(66)62-56(57)59-33-22-23-41(2)52(70)60-38-48(65)61-46(55(73)74)36-51(68)69;/h11-12,30-31,34-35,41-43,45-47H,4-10,13-29,32-33,36-40H2,1-3H3,(H7-,57,58,59,60,61,62,65,66,68,69,70,71,73,74);1H/b12-11-;. The van der Waals surface area contributed by atoms with Gasteiger partial charge in [-0.15, -0.1) is 11.8 Å². The minimum Gasteiger partial charge on any atom is -1.00 e. The van der Waals surface area contributed by atoms with Crippen molar-refractivity contribution < 1.29 is 65.5 Å². The van der Waals surface area contributed by atoms with Gasteiger partial charge in [0.1, 0.15) is 13.1 Å². The molecule has 1 aliphatic heterocycles.